The molecule has 4 fully saturated rings. The lowest BCUT2D eigenvalue weighted by molar-refractivity contribution is -0.162. The average molecular weight is 415 g/mol. The van der Waals surface area contributed by atoms with Gasteiger partial charge < -0.3 is 5.11 Å². The second-order valence-corrected chi connectivity index (χ2v) is 12.6. The highest BCUT2D eigenvalue weighted by Gasteiger charge is 2.63. The van der Waals surface area contributed by atoms with E-state index in [0.717, 1.165) is 25.7 Å². The summed E-state index contributed by atoms with van der Waals surface area (Å²) in [6.45, 7) is 14.2. The van der Waals surface area contributed by atoms with Crippen molar-refractivity contribution in [3.63, 3.8) is 0 Å². The lowest BCUT2D eigenvalue weighted by Crippen LogP contribution is -2.57. The number of aliphatic hydroxyl groups is 1. The fourth-order valence-electron chi connectivity index (χ4n) is 8.66. The molecule has 0 aromatic rings. The van der Waals surface area contributed by atoms with E-state index >= 15 is 0 Å². The van der Waals surface area contributed by atoms with E-state index in [1.165, 1.54) is 25.7 Å². The second kappa shape index (κ2) is 8.05. The number of allylic oxidation sites excluding steroid dienone is 2. The summed E-state index contributed by atoms with van der Waals surface area (Å²) in [5.74, 6) is 5.18. The maximum Gasteiger partial charge on any atom is 0.137 e. The molecule has 4 aliphatic carbocycles. The summed E-state index contributed by atoms with van der Waals surface area (Å²) in [5.41, 5.74) is 0.317. The number of aliphatic hydroxyl groups excluding tert-OH is 1. The van der Waals surface area contributed by atoms with Gasteiger partial charge in [-0.05, 0) is 97.2 Å². The minimum atomic E-state index is -0.139. The van der Waals surface area contributed by atoms with Crippen LogP contribution in [0.3, 0.4) is 0 Å². The van der Waals surface area contributed by atoms with Gasteiger partial charge in [0.2, 0.25) is 0 Å². The summed E-state index contributed by atoms with van der Waals surface area (Å²) in [6.07, 6.45) is 13.5. The predicted octanol–water partition coefficient (Wildman–Crippen LogP) is 6.67. The van der Waals surface area contributed by atoms with Crippen LogP contribution in [0, 0.1) is 58.2 Å². The highest BCUT2D eigenvalue weighted by atomic mass is 16.3. The van der Waals surface area contributed by atoms with E-state index in [1.807, 2.05) is 0 Å². The first kappa shape index (κ1) is 22.6. The average Bonchev–Trinajstić information content (AvgIpc) is 3.02. The minimum absolute atomic E-state index is 0.136. The number of fused-ring (bicyclic) bond motifs is 5. The summed E-state index contributed by atoms with van der Waals surface area (Å²) in [4.78, 5) is 13.8. The Morgan fingerprint density at radius 3 is 2.40 bits per heavy atom. The van der Waals surface area contributed by atoms with Gasteiger partial charge in [0, 0.05) is 12.3 Å². The largest absolute Gasteiger partial charge is 0.393 e. The van der Waals surface area contributed by atoms with Gasteiger partial charge in [0.1, 0.15) is 5.78 Å². The summed E-state index contributed by atoms with van der Waals surface area (Å²) in [6, 6.07) is 0. The van der Waals surface area contributed by atoms with Crippen molar-refractivity contribution in [1.82, 2.24) is 0 Å². The second-order valence-electron chi connectivity index (χ2n) is 12.6. The molecule has 0 saturated heterocycles. The minimum Gasteiger partial charge on any atom is -0.393 e. The topological polar surface area (TPSA) is 37.3 Å². The number of rotatable bonds is 4. The molecule has 0 aliphatic heterocycles. The van der Waals surface area contributed by atoms with Crippen molar-refractivity contribution in [1.29, 1.82) is 0 Å². The highest BCUT2D eigenvalue weighted by Crippen LogP contribution is 2.67. The maximum atomic E-state index is 13.8. The molecule has 4 aliphatic rings. The Kier molecular flexibility index (Phi) is 6.06. The van der Waals surface area contributed by atoms with Gasteiger partial charge in [-0.25, -0.2) is 0 Å². The molecule has 0 aromatic heterocycles. The quantitative estimate of drug-likeness (QED) is 0.522. The molecule has 0 bridgehead atoms. The van der Waals surface area contributed by atoms with Crippen LogP contribution in [0.25, 0.3) is 0 Å². The monoisotopic (exact) mass is 414 g/mol. The molecule has 10 atom stereocenters. The molecule has 4 rings (SSSR count). The van der Waals surface area contributed by atoms with Gasteiger partial charge in [0.15, 0.2) is 0 Å². The van der Waals surface area contributed by atoms with Gasteiger partial charge in [-0.3, -0.25) is 4.79 Å². The molecule has 0 heterocycles. The number of hydrogen-bond donors (Lipinski definition) is 1. The lowest BCUT2D eigenvalue weighted by Gasteiger charge is -2.60. The first-order valence-electron chi connectivity index (χ1n) is 13.0. The number of carbonyl (C=O) groups excluding carboxylic acids is 1. The standard InChI is InChI=1S/C28H46O2/c1-17(2)18(3)7-8-19(4)23-11-12-24-22-10-9-20-15-21(29)13-14-27(20,5)26(22)25(30)16-28(23,24)6/h7-8,17-24,26,29H,9-16H2,1-6H3/b8-7+/t18-,19+,20-,21+,22-,23-,24+,26-,27-,28-/m0/s1. The smallest absolute Gasteiger partial charge is 0.137 e. The van der Waals surface area contributed by atoms with Crippen LogP contribution >= 0.6 is 0 Å². The van der Waals surface area contributed by atoms with Crippen LogP contribution in [0.15, 0.2) is 12.2 Å². The molecule has 0 spiro atoms. The summed E-state index contributed by atoms with van der Waals surface area (Å²) in [5, 5.41) is 10.2. The van der Waals surface area contributed by atoms with Crippen molar-refractivity contribution < 1.29 is 9.90 Å². The Hall–Kier alpha value is -0.630. The lowest BCUT2D eigenvalue weighted by atomic mass is 9.44. The van der Waals surface area contributed by atoms with E-state index in [1.54, 1.807) is 0 Å². The van der Waals surface area contributed by atoms with Crippen LogP contribution in [0.5, 0.6) is 0 Å². The van der Waals surface area contributed by atoms with Crippen LogP contribution in [0.1, 0.15) is 92.9 Å². The van der Waals surface area contributed by atoms with Crippen molar-refractivity contribution in [2.45, 2.75) is 99.0 Å². The number of Topliss-reactive ketones (excluding diaryl/α,β-unsaturated/α-hetero) is 1. The molecule has 2 nitrogen and oxygen atoms in total. The SMILES string of the molecule is CC(C)[C@@H](C)/C=C/[C@@H](C)[C@@H]1CC[C@@H]2[C@@H]3CC[C@H]4C[C@H](O)CC[C@]4(C)[C@@H]3C(=O)C[C@]21C. The van der Waals surface area contributed by atoms with E-state index in [2.05, 4.69) is 53.7 Å². The van der Waals surface area contributed by atoms with Crippen LogP contribution in [-0.2, 0) is 4.79 Å². The van der Waals surface area contributed by atoms with Crippen LogP contribution < -0.4 is 0 Å². The third-order valence-electron chi connectivity index (χ3n) is 10.8. The Bertz CT molecular complexity index is 680. The highest BCUT2D eigenvalue weighted by molar-refractivity contribution is 5.84. The van der Waals surface area contributed by atoms with Crippen LogP contribution in [-0.4, -0.2) is 17.0 Å². The normalized spacial score (nSPS) is 48.3. The third-order valence-corrected chi connectivity index (χ3v) is 10.8. The molecule has 0 radical (unpaired) electrons. The maximum absolute atomic E-state index is 13.8. The Morgan fingerprint density at radius 1 is 0.967 bits per heavy atom. The number of carbonyl (C=O) groups is 1. The molecule has 0 aromatic carbocycles. The van der Waals surface area contributed by atoms with Crippen molar-refractivity contribution >= 4 is 5.78 Å². The van der Waals surface area contributed by atoms with Crippen LogP contribution in [0.2, 0.25) is 0 Å². The van der Waals surface area contributed by atoms with Gasteiger partial charge in [0.05, 0.1) is 6.10 Å². The molecular weight excluding hydrogens is 368 g/mol. The Morgan fingerprint density at radius 2 is 1.70 bits per heavy atom. The molecule has 170 valence electrons. The van der Waals surface area contributed by atoms with Gasteiger partial charge in [-0.1, -0.05) is 53.7 Å². The Balaban J connectivity index is 1.56. The summed E-state index contributed by atoms with van der Waals surface area (Å²) in [7, 11) is 0. The van der Waals surface area contributed by atoms with E-state index in [-0.39, 0.29) is 22.9 Å². The van der Waals surface area contributed by atoms with E-state index in [4.69, 9.17) is 0 Å². The molecule has 2 heteroatoms. The predicted molar refractivity (Wildman–Crippen MR) is 124 cm³/mol. The van der Waals surface area contributed by atoms with Crippen molar-refractivity contribution in [2.75, 3.05) is 0 Å². The zero-order valence-electron chi connectivity index (χ0n) is 20.4. The van der Waals surface area contributed by atoms with Crippen molar-refractivity contribution in [3.05, 3.63) is 12.2 Å². The molecule has 1 N–H and O–H groups in total. The number of hydrogen-bond acceptors (Lipinski definition) is 2. The zero-order chi connectivity index (χ0) is 21.8. The summed E-state index contributed by atoms with van der Waals surface area (Å²) >= 11 is 0. The van der Waals surface area contributed by atoms with Crippen LogP contribution in [0.4, 0.5) is 0 Å². The van der Waals surface area contributed by atoms with E-state index in [0.29, 0.717) is 47.2 Å². The zero-order valence-corrected chi connectivity index (χ0v) is 20.4. The molecule has 0 amide bonds. The third kappa shape index (κ3) is 3.54. The molecule has 4 saturated carbocycles. The molecule has 0 unspecified atom stereocenters. The van der Waals surface area contributed by atoms with Gasteiger partial charge >= 0.3 is 0 Å². The fraction of sp³-hybridized carbons (Fsp3) is 0.893. The van der Waals surface area contributed by atoms with Crippen molar-refractivity contribution in [3.8, 4) is 0 Å². The van der Waals surface area contributed by atoms with Gasteiger partial charge in [0.25, 0.3) is 0 Å². The Labute approximate surface area is 185 Å². The van der Waals surface area contributed by atoms with E-state index in [9.17, 15) is 9.90 Å². The first-order valence-corrected chi connectivity index (χ1v) is 13.0. The molecular formula is C28H46O2. The first-order chi connectivity index (χ1) is 14.1. The van der Waals surface area contributed by atoms with Gasteiger partial charge in [-0.15, -0.1) is 0 Å². The van der Waals surface area contributed by atoms with Crippen molar-refractivity contribution in [2.24, 2.45) is 58.2 Å². The van der Waals surface area contributed by atoms with Gasteiger partial charge in [-0.2, -0.15) is 0 Å². The molecule has 30 heavy (non-hydrogen) atoms. The summed E-state index contributed by atoms with van der Waals surface area (Å²) < 4.78 is 0. The number of ketones is 1. The van der Waals surface area contributed by atoms with E-state index < -0.39 is 0 Å². The fourth-order valence-corrected chi connectivity index (χ4v) is 8.66.